The van der Waals surface area contributed by atoms with Crippen LogP contribution in [0.15, 0.2) is 34.4 Å². The second-order valence-electron chi connectivity index (χ2n) is 11.0. The third-order valence-electron chi connectivity index (χ3n) is 8.47. The van der Waals surface area contributed by atoms with Crippen molar-refractivity contribution in [3.05, 3.63) is 73.4 Å². The zero-order chi connectivity index (χ0) is 29.5. The molecule has 4 heterocycles. The summed E-state index contributed by atoms with van der Waals surface area (Å²) >= 11 is 7.86. The fourth-order valence-corrected chi connectivity index (χ4v) is 7.14. The molecule has 228 valence electrons. The molecule has 9 nitrogen and oxygen atoms in total. The molecule has 6 rings (SSSR count). The number of aryl methyl sites for hydroxylation is 3. The molecule has 0 spiro atoms. The number of hydrogen-bond acceptors (Lipinski definition) is 9. The summed E-state index contributed by atoms with van der Waals surface area (Å²) in [5.41, 5.74) is 5.24. The lowest BCUT2D eigenvalue weighted by molar-refractivity contribution is 0.0603. The highest BCUT2D eigenvalue weighted by Crippen LogP contribution is 2.40. The fourth-order valence-electron chi connectivity index (χ4n) is 5.96. The Kier molecular flexibility index (Phi) is 9.43. The maximum Gasteiger partial charge on any atom is 0.340 e. The lowest BCUT2D eigenvalue weighted by atomic mass is 9.90. The van der Waals surface area contributed by atoms with Gasteiger partial charge in [-0.15, -0.1) is 23.7 Å². The van der Waals surface area contributed by atoms with E-state index in [9.17, 15) is 9.59 Å². The number of hydrogen-bond donors (Lipinski definition) is 1. The molecule has 1 aliphatic carbocycles. The summed E-state index contributed by atoms with van der Waals surface area (Å²) in [6, 6.07) is 8.32. The molecule has 2 aliphatic rings. The molecular weight excluding hydrogens is 609 g/mol. The van der Waals surface area contributed by atoms with Gasteiger partial charge in [0.1, 0.15) is 18.2 Å². The number of benzene rings is 1. The summed E-state index contributed by atoms with van der Waals surface area (Å²) in [6.07, 6.45) is 2.57. The smallest absolute Gasteiger partial charge is 0.340 e. The topological polar surface area (TPSA) is 98.6 Å². The zero-order valence-electron chi connectivity index (χ0n) is 24.6. The Balaban J connectivity index is 0.00000368. The molecule has 1 unspecified atom stereocenters. The van der Waals surface area contributed by atoms with Gasteiger partial charge in [0.2, 0.25) is 0 Å². The maximum atomic E-state index is 13.7. The number of likely N-dealkylation sites (N-methyl/N-ethyl adjacent to an activating group) is 1. The highest BCUT2D eigenvalue weighted by Gasteiger charge is 2.32. The number of carbonyl (C=O) groups excluding carboxylic acids is 1. The van der Waals surface area contributed by atoms with Crippen LogP contribution in [0.2, 0.25) is 5.02 Å². The van der Waals surface area contributed by atoms with E-state index in [-0.39, 0.29) is 24.6 Å². The van der Waals surface area contributed by atoms with Crippen LogP contribution >= 0.6 is 35.3 Å². The monoisotopic (exact) mass is 643 g/mol. The molecule has 43 heavy (non-hydrogen) atoms. The number of rotatable bonds is 8. The number of thiophene rings is 1. The second kappa shape index (κ2) is 12.9. The molecule has 0 bridgehead atoms. The van der Waals surface area contributed by atoms with Gasteiger partial charge in [0.15, 0.2) is 0 Å². The van der Waals surface area contributed by atoms with Gasteiger partial charge in [-0.3, -0.25) is 19.2 Å². The van der Waals surface area contributed by atoms with Crippen molar-refractivity contribution in [3.8, 4) is 16.9 Å². The summed E-state index contributed by atoms with van der Waals surface area (Å²) in [5.74, 6) is 0.908. The first kappa shape index (κ1) is 31.4. The van der Waals surface area contributed by atoms with E-state index in [1.165, 1.54) is 18.4 Å². The lowest BCUT2D eigenvalue weighted by Crippen LogP contribution is -2.59. The van der Waals surface area contributed by atoms with E-state index < -0.39 is 5.97 Å². The first-order valence-corrected chi connectivity index (χ1v) is 15.4. The van der Waals surface area contributed by atoms with Crippen LogP contribution in [0.1, 0.15) is 39.6 Å². The van der Waals surface area contributed by atoms with E-state index in [1.807, 2.05) is 32.0 Å². The normalized spacial score (nSPS) is 16.5. The number of nitrogens with one attached hydrogen (secondary N) is 1. The predicted molar refractivity (Wildman–Crippen MR) is 172 cm³/mol. The molecule has 1 fully saturated rings. The molecular formula is C31H35Cl2N5O4S. The SMILES string of the molecule is COC(=O)c1csc2c(-c3cc(Cl)ccc3OCCn3c(C)nc4c(c3=O)CC(N(C)C3CNC3)CC4)cc(C)nc12.Cl. The van der Waals surface area contributed by atoms with Gasteiger partial charge in [-0.2, -0.15) is 0 Å². The molecule has 1 atom stereocenters. The third kappa shape index (κ3) is 6.04. The Morgan fingerprint density at radius 3 is 2.70 bits per heavy atom. The number of halogens is 2. The average Bonchev–Trinajstić information content (AvgIpc) is 3.37. The van der Waals surface area contributed by atoms with Gasteiger partial charge in [-0.05, 0) is 64.4 Å². The molecule has 1 saturated heterocycles. The van der Waals surface area contributed by atoms with E-state index in [0.29, 0.717) is 46.3 Å². The van der Waals surface area contributed by atoms with Crippen LogP contribution in [-0.2, 0) is 24.1 Å². The Bertz CT molecular complexity index is 1740. The number of fused-ring (bicyclic) bond motifs is 2. The highest BCUT2D eigenvalue weighted by molar-refractivity contribution is 7.18. The Morgan fingerprint density at radius 1 is 1.19 bits per heavy atom. The quantitative estimate of drug-likeness (QED) is 0.273. The number of aromatic nitrogens is 3. The summed E-state index contributed by atoms with van der Waals surface area (Å²) in [4.78, 5) is 37.9. The number of pyridine rings is 1. The van der Waals surface area contributed by atoms with Crippen molar-refractivity contribution in [2.45, 2.75) is 51.7 Å². The fraction of sp³-hybridized carbons (Fsp3) is 0.419. The second-order valence-corrected chi connectivity index (χ2v) is 12.4. The molecule has 0 amide bonds. The van der Waals surface area contributed by atoms with Gasteiger partial charge in [0, 0.05) is 58.0 Å². The largest absolute Gasteiger partial charge is 0.491 e. The van der Waals surface area contributed by atoms with E-state index in [2.05, 4.69) is 22.2 Å². The predicted octanol–water partition coefficient (Wildman–Crippen LogP) is 4.84. The number of nitrogens with zero attached hydrogens (tertiary/aromatic N) is 4. The minimum atomic E-state index is -0.426. The number of esters is 1. The Labute approximate surface area is 265 Å². The maximum absolute atomic E-state index is 13.7. The molecule has 12 heteroatoms. The van der Waals surface area contributed by atoms with Gasteiger partial charge in [-0.1, -0.05) is 11.6 Å². The molecule has 0 saturated carbocycles. The van der Waals surface area contributed by atoms with Crippen molar-refractivity contribution in [3.63, 3.8) is 0 Å². The standard InChI is InChI=1S/C31H34ClN5O4S.ClH/c1-17-11-23(29-28(34-17)25(16-42-29)31(39)40-4)22-12-19(32)5-8-27(22)41-10-9-37-18(2)35-26-7-6-20(13-24(26)30(37)38)36(3)21-14-33-15-21;/h5,8,11-12,16,20-21,33H,6-7,9-10,13-15H2,1-4H3;1H. The van der Waals surface area contributed by atoms with E-state index in [1.54, 1.807) is 16.0 Å². The van der Waals surface area contributed by atoms with Crippen molar-refractivity contribution >= 4 is 51.5 Å². The molecule has 1 N–H and O–H groups in total. The van der Waals surface area contributed by atoms with E-state index in [4.69, 9.17) is 26.1 Å². The molecule has 1 aliphatic heterocycles. The third-order valence-corrected chi connectivity index (χ3v) is 9.70. The minimum Gasteiger partial charge on any atom is -0.491 e. The van der Waals surface area contributed by atoms with Crippen molar-refractivity contribution in [2.75, 3.05) is 33.9 Å². The number of methoxy groups -OCH3 is 1. The molecule has 4 aromatic rings. The van der Waals surface area contributed by atoms with Gasteiger partial charge in [-0.25, -0.2) is 9.78 Å². The Hall–Kier alpha value is -3.02. The minimum absolute atomic E-state index is 0. The van der Waals surface area contributed by atoms with Gasteiger partial charge in [0.05, 0.1) is 35.1 Å². The van der Waals surface area contributed by atoms with Gasteiger partial charge >= 0.3 is 5.97 Å². The van der Waals surface area contributed by atoms with Crippen LogP contribution < -0.4 is 15.6 Å². The summed E-state index contributed by atoms with van der Waals surface area (Å²) in [7, 11) is 3.53. The van der Waals surface area contributed by atoms with Crippen LogP contribution in [0, 0.1) is 13.8 Å². The van der Waals surface area contributed by atoms with Crippen molar-refractivity contribution in [1.29, 1.82) is 0 Å². The van der Waals surface area contributed by atoms with Crippen LogP contribution in [-0.4, -0.2) is 71.3 Å². The van der Waals surface area contributed by atoms with Crippen LogP contribution in [0.25, 0.3) is 21.3 Å². The molecule has 0 radical (unpaired) electrons. The van der Waals surface area contributed by atoms with Crippen LogP contribution in [0.4, 0.5) is 0 Å². The van der Waals surface area contributed by atoms with Crippen LogP contribution in [0.3, 0.4) is 0 Å². The van der Waals surface area contributed by atoms with Crippen molar-refractivity contribution < 1.29 is 14.3 Å². The highest BCUT2D eigenvalue weighted by atomic mass is 35.5. The average molecular weight is 645 g/mol. The van der Waals surface area contributed by atoms with Gasteiger partial charge < -0.3 is 14.8 Å². The van der Waals surface area contributed by atoms with Crippen molar-refractivity contribution in [2.24, 2.45) is 0 Å². The van der Waals surface area contributed by atoms with Gasteiger partial charge in [0.25, 0.3) is 5.56 Å². The zero-order valence-corrected chi connectivity index (χ0v) is 27.0. The van der Waals surface area contributed by atoms with Crippen LogP contribution in [0.5, 0.6) is 5.75 Å². The summed E-state index contributed by atoms with van der Waals surface area (Å²) in [6.45, 7) is 6.43. The van der Waals surface area contributed by atoms with Crippen molar-refractivity contribution in [1.82, 2.24) is 24.8 Å². The summed E-state index contributed by atoms with van der Waals surface area (Å²) < 4.78 is 13.9. The molecule has 3 aromatic heterocycles. The Morgan fingerprint density at radius 2 is 1.98 bits per heavy atom. The molecule has 1 aromatic carbocycles. The first-order chi connectivity index (χ1) is 20.2. The van der Waals surface area contributed by atoms with E-state index >= 15 is 0 Å². The lowest BCUT2D eigenvalue weighted by Gasteiger charge is -2.42. The number of ether oxygens (including phenoxy) is 2. The number of carbonyl (C=O) groups is 1. The van der Waals surface area contributed by atoms with E-state index in [0.717, 1.165) is 65.1 Å². The summed E-state index contributed by atoms with van der Waals surface area (Å²) in [5, 5.41) is 5.67. The first-order valence-electron chi connectivity index (χ1n) is 14.2.